The van der Waals surface area contributed by atoms with Crippen LogP contribution in [0.1, 0.15) is 16.1 Å². The highest BCUT2D eigenvalue weighted by atomic mass is 19.4. The molecule has 26 heavy (non-hydrogen) atoms. The fraction of sp³-hybridized carbons (Fsp3) is 0.312. The molecule has 0 saturated carbocycles. The van der Waals surface area contributed by atoms with Crippen LogP contribution in [0.2, 0.25) is 0 Å². The molecule has 0 atom stereocenters. The summed E-state index contributed by atoms with van der Waals surface area (Å²) in [7, 11) is 1.21. The van der Waals surface area contributed by atoms with Crippen molar-refractivity contribution in [1.29, 1.82) is 0 Å². The topological polar surface area (TPSA) is 64.5 Å². The standard InChI is InChI=1S/C16H13F4N3O3/c1-25-15(24)13-14(22-3-2-21-13)23-7-12(8-23)26-11-5-9(16(18,19)20)4-10(17)6-11/h2-6,12H,7-8H2,1H3. The normalized spacial score (nSPS) is 14.7. The van der Waals surface area contributed by atoms with Crippen LogP contribution < -0.4 is 9.64 Å². The van der Waals surface area contributed by atoms with Gasteiger partial charge in [0, 0.05) is 18.5 Å². The smallest absolute Gasteiger partial charge is 0.416 e. The Labute approximate surface area is 145 Å². The van der Waals surface area contributed by atoms with Crippen molar-refractivity contribution in [2.24, 2.45) is 0 Å². The Bertz CT molecular complexity index is 823. The molecule has 0 aliphatic carbocycles. The van der Waals surface area contributed by atoms with Gasteiger partial charge in [0.25, 0.3) is 0 Å². The van der Waals surface area contributed by atoms with Gasteiger partial charge in [-0.15, -0.1) is 0 Å². The maximum absolute atomic E-state index is 13.4. The Hall–Kier alpha value is -2.91. The number of methoxy groups -OCH3 is 1. The molecule has 6 nitrogen and oxygen atoms in total. The number of nitrogens with zero attached hydrogens (tertiary/aromatic N) is 3. The predicted octanol–water partition coefficient (Wildman–Crippen LogP) is 2.69. The summed E-state index contributed by atoms with van der Waals surface area (Å²) in [6.45, 7) is 0.501. The van der Waals surface area contributed by atoms with E-state index in [0.717, 1.165) is 12.1 Å². The summed E-state index contributed by atoms with van der Waals surface area (Å²) in [5.74, 6) is -1.62. The van der Waals surface area contributed by atoms with Crippen molar-refractivity contribution in [3.63, 3.8) is 0 Å². The number of alkyl halides is 3. The monoisotopic (exact) mass is 371 g/mol. The van der Waals surface area contributed by atoms with Crippen molar-refractivity contribution in [1.82, 2.24) is 9.97 Å². The molecule has 3 rings (SSSR count). The number of benzene rings is 1. The van der Waals surface area contributed by atoms with Crippen LogP contribution in [-0.2, 0) is 10.9 Å². The van der Waals surface area contributed by atoms with Gasteiger partial charge in [-0.25, -0.2) is 19.2 Å². The van der Waals surface area contributed by atoms with E-state index in [0.29, 0.717) is 6.07 Å². The van der Waals surface area contributed by atoms with E-state index in [1.54, 1.807) is 4.90 Å². The molecule has 0 spiro atoms. The number of esters is 1. The van der Waals surface area contributed by atoms with E-state index in [-0.39, 0.29) is 30.4 Å². The minimum Gasteiger partial charge on any atom is -0.487 e. The number of anilines is 1. The summed E-state index contributed by atoms with van der Waals surface area (Å²) in [6.07, 6.45) is -2.40. The van der Waals surface area contributed by atoms with Gasteiger partial charge in [-0.1, -0.05) is 0 Å². The van der Waals surface area contributed by atoms with Crippen LogP contribution in [-0.4, -0.2) is 42.2 Å². The first-order chi connectivity index (χ1) is 12.3. The van der Waals surface area contributed by atoms with Crippen molar-refractivity contribution in [3.05, 3.63) is 47.7 Å². The molecular weight excluding hydrogens is 358 g/mol. The number of carbonyl (C=O) groups excluding carboxylic acids is 1. The Morgan fingerprint density at radius 1 is 1.19 bits per heavy atom. The Morgan fingerprint density at radius 2 is 1.88 bits per heavy atom. The number of carbonyl (C=O) groups is 1. The molecule has 0 radical (unpaired) electrons. The molecule has 0 amide bonds. The van der Waals surface area contributed by atoms with Gasteiger partial charge in [0.2, 0.25) is 0 Å². The number of rotatable bonds is 4. The summed E-state index contributed by atoms with van der Waals surface area (Å²) in [4.78, 5) is 21.3. The van der Waals surface area contributed by atoms with Crippen LogP contribution in [0.15, 0.2) is 30.6 Å². The molecule has 1 aliphatic rings. The molecule has 0 bridgehead atoms. The van der Waals surface area contributed by atoms with Crippen LogP contribution in [0.3, 0.4) is 0 Å². The average Bonchev–Trinajstić information content (AvgIpc) is 2.56. The third-order valence-corrected chi connectivity index (χ3v) is 3.71. The van der Waals surface area contributed by atoms with Gasteiger partial charge in [-0.2, -0.15) is 13.2 Å². The quantitative estimate of drug-likeness (QED) is 0.608. The van der Waals surface area contributed by atoms with Gasteiger partial charge in [-0.05, 0) is 12.1 Å². The van der Waals surface area contributed by atoms with Crippen LogP contribution in [0.25, 0.3) is 0 Å². The van der Waals surface area contributed by atoms with Crippen LogP contribution in [0, 0.1) is 5.82 Å². The maximum Gasteiger partial charge on any atom is 0.416 e. The number of hydrogen-bond donors (Lipinski definition) is 0. The van der Waals surface area contributed by atoms with Gasteiger partial charge < -0.3 is 14.4 Å². The van der Waals surface area contributed by atoms with Gasteiger partial charge >= 0.3 is 12.1 Å². The van der Waals surface area contributed by atoms with Crippen molar-refractivity contribution in [3.8, 4) is 5.75 Å². The highest BCUT2D eigenvalue weighted by Gasteiger charge is 2.35. The molecule has 0 N–H and O–H groups in total. The lowest BCUT2D eigenvalue weighted by Crippen LogP contribution is -2.54. The molecule has 2 heterocycles. The molecule has 1 aliphatic heterocycles. The highest BCUT2D eigenvalue weighted by Crippen LogP contribution is 2.33. The number of ether oxygens (including phenoxy) is 2. The molecule has 0 unspecified atom stereocenters. The molecule has 1 fully saturated rings. The fourth-order valence-corrected chi connectivity index (χ4v) is 2.48. The van der Waals surface area contributed by atoms with E-state index in [1.807, 2.05) is 0 Å². The van der Waals surface area contributed by atoms with Crippen LogP contribution in [0.5, 0.6) is 5.75 Å². The van der Waals surface area contributed by atoms with Crippen molar-refractivity contribution >= 4 is 11.8 Å². The lowest BCUT2D eigenvalue weighted by Gasteiger charge is -2.40. The second kappa shape index (κ2) is 6.77. The molecule has 2 aromatic rings. The van der Waals surface area contributed by atoms with E-state index in [4.69, 9.17) is 4.74 Å². The van der Waals surface area contributed by atoms with Gasteiger partial charge in [0.05, 0.1) is 25.8 Å². The highest BCUT2D eigenvalue weighted by molar-refractivity contribution is 5.92. The minimum absolute atomic E-state index is 0.0264. The first kappa shape index (κ1) is 17.9. The summed E-state index contributed by atoms with van der Waals surface area (Å²) in [5.41, 5.74) is -1.09. The van der Waals surface area contributed by atoms with Crippen molar-refractivity contribution in [2.75, 3.05) is 25.1 Å². The van der Waals surface area contributed by atoms with E-state index >= 15 is 0 Å². The molecular formula is C16H13F4N3O3. The lowest BCUT2D eigenvalue weighted by molar-refractivity contribution is -0.137. The van der Waals surface area contributed by atoms with E-state index < -0.39 is 29.6 Å². The predicted molar refractivity (Wildman–Crippen MR) is 81.4 cm³/mol. The van der Waals surface area contributed by atoms with Crippen molar-refractivity contribution in [2.45, 2.75) is 12.3 Å². The fourth-order valence-electron chi connectivity index (χ4n) is 2.48. The van der Waals surface area contributed by atoms with Crippen molar-refractivity contribution < 1.29 is 31.8 Å². The average molecular weight is 371 g/mol. The van der Waals surface area contributed by atoms with E-state index in [1.165, 1.54) is 19.5 Å². The third kappa shape index (κ3) is 3.68. The summed E-state index contributed by atoms with van der Waals surface area (Å²) in [6, 6.07) is 2.04. The molecule has 10 heteroatoms. The Kier molecular flexibility index (Phi) is 4.66. The third-order valence-electron chi connectivity index (χ3n) is 3.71. The van der Waals surface area contributed by atoms with Crippen LogP contribution in [0.4, 0.5) is 23.4 Å². The maximum atomic E-state index is 13.4. The number of halogens is 4. The summed E-state index contributed by atoms with van der Waals surface area (Å²) in [5, 5.41) is 0. The Balaban J connectivity index is 1.69. The molecule has 1 aromatic heterocycles. The SMILES string of the molecule is COC(=O)c1nccnc1N1CC(Oc2cc(F)cc(C(F)(F)F)c2)C1. The van der Waals surface area contributed by atoms with E-state index in [2.05, 4.69) is 14.7 Å². The first-order valence-corrected chi connectivity index (χ1v) is 7.46. The zero-order chi connectivity index (χ0) is 18.9. The zero-order valence-corrected chi connectivity index (χ0v) is 13.5. The van der Waals surface area contributed by atoms with Crippen LogP contribution >= 0.6 is 0 Å². The largest absolute Gasteiger partial charge is 0.487 e. The van der Waals surface area contributed by atoms with Gasteiger partial charge in [-0.3, -0.25) is 0 Å². The zero-order valence-electron chi connectivity index (χ0n) is 13.5. The number of aromatic nitrogens is 2. The summed E-state index contributed by atoms with van der Waals surface area (Å²) < 4.78 is 61.6. The minimum atomic E-state index is -4.67. The van der Waals surface area contributed by atoms with E-state index in [9.17, 15) is 22.4 Å². The molecule has 1 saturated heterocycles. The first-order valence-electron chi connectivity index (χ1n) is 7.46. The second-order valence-electron chi connectivity index (χ2n) is 5.54. The van der Waals surface area contributed by atoms with Gasteiger partial charge in [0.15, 0.2) is 11.5 Å². The Morgan fingerprint density at radius 3 is 2.54 bits per heavy atom. The van der Waals surface area contributed by atoms with Gasteiger partial charge in [0.1, 0.15) is 17.7 Å². The summed E-state index contributed by atoms with van der Waals surface area (Å²) >= 11 is 0. The second-order valence-corrected chi connectivity index (χ2v) is 5.54. The number of hydrogen-bond acceptors (Lipinski definition) is 6. The molecule has 138 valence electrons. The molecule has 1 aromatic carbocycles. The lowest BCUT2D eigenvalue weighted by atomic mass is 10.1.